The fourth-order valence-electron chi connectivity index (χ4n) is 3.93. The van der Waals surface area contributed by atoms with Crippen molar-refractivity contribution in [3.05, 3.63) is 106 Å². The molecule has 3 aromatic carbocycles. The summed E-state index contributed by atoms with van der Waals surface area (Å²) in [6.45, 7) is 2.02. The van der Waals surface area contributed by atoms with Crippen molar-refractivity contribution in [2.24, 2.45) is 0 Å². The molecule has 0 saturated heterocycles. The Morgan fingerprint density at radius 2 is 1.73 bits per heavy atom. The number of benzene rings is 3. The molecule has 2 heterocycles. The molecule has 0 radical (unpaired) electrons. The third kappa shape index (κ3) is 4.01. The molecule has 0 aliphatic carbocycles. The lowest BCUT2D eigenvalue weighted by molar-refractivity contribution is -0.384. The molecule has 1 aromatic heterocycles. The van der Waals surface area contributed by atoms with Gasteiger partial charge in [-0.1, -0.05) is 60.2 Å². The number of fused-ring (bicyclic) bond motifs is 1. The smallest absolute Gasteiger partial charge is 0.269 e. The van der Waals surface area contributed by atoms with Crippen LogP contribution in [0.5, 0.6) is 0 Å². The van der Waals surface area contributed by atoms with E-state index >= 15 is 0 Å². The number of hydrogen-bond donors (Lipinski definition) is 1. The Kier molecular flexibility index (Phi) is 5.43. The van der Waals surface area contributed by atoms with Gasteiger partial charge in [0, 0.05) is 23.3 Å². The first kappa shape index (κ1) is 21.0. The highest BCUT2D eigenvalue weighted by Gasteiger charge is 2.32. The summed E-state index contributed by atoms with van der Waals surface area (Å²) in [6.07, 6.45) is 0. The third-order valence-corrected chi connectivity index (χ3v) is 6.83. The van der Waals surface area contributed by atoms with Gasteiger partial charge in [0.05, 0.1) is 27.3 Å². The minimum atomic E-state index is -0.411. The van der Waals surface area contributed by atoms with E-state index in [0.717, 1.165) is 33.6 Å². The Hall–Kier alpha value is -3.91. The van der Waals surface area contributed by atoms with Crippen LogP contribution in [0.4, 0.5) is 11.5 Å². The quantitative estimate of drug-likeness (QED) is 0.322. The van der Waals surface area contributed by atoms with Gasteiger partial charge in [-0.15, -0.1) is 11.8 Å². The lowest BCUT2D eigenvalue weighted by Crippen LogP contribution is -2.15. The van der Waals surface area contributed by atoms with E-state index < -0.39 is 4.92 Å². The summed E-state index contributed by atoms with van der Waals surface area (Å²) in [5.74, 6) is 0.771. The molecule has 0 spiro atoms. The number of amides is 1. The zero-order valence-electron chi connectivity index (χ0n) is 17.8. The van der Waals surface area contributed by atoms with Crippen molar-refractivity contribution >= 4 is 29.2 Å². The van der Waals surface area contributed by atoms with Crippen LogP contribution in [0.2, 0.25) is 0 Å². The number of aryl methyl sites for hydroxylation is 1. The lowest BCUT2D eigenvalue weighted by Gasteiger charge is -2.16. The Morgan fingerprint density at radius 1 is 1.03 bits per heavy atom. The van der Waals surface area contributed by atoms with Gasteiger partial charge in [0.2, 0.25) is 5.91 Å². The summed E-state index contributed by atoms with van der Waals surface area (Å²) in [5, 5.41) is 18.9. The summed E-state index contributed by atoms with van der Waals surface area (Å²) < 4.78 is 1.78. The molecule has 0 unspecified atom stereocenters. The molecule has 8 heteroatoms. The zero-order valence-corrected chi connectivity index (χ0v) is 18.6. The minimum Gasteiger partial charge on any atom is -0.310 e. The molecule has 1 aliphatic heterocycles. The molecule has 0 saturated carbocycles. The summed E-state index contributed by atoms with van der Waals surface area (Å²) in [5.41, 5.74) is 5.46. The minimum absolute atomic E-state index is 0.0328. The number of nitro groups is 1. The summed E-state index contributed by atoms with van der Waals surface area (Å²) in [6, 6.07) is 24.3. The van der Waals surface area contributed by atoms with E-state index in [4.69, 9.17) is 5.10 Å². The zero-order chi connectivity index (χ0) is 22.9. The number of carbonyl (C=O) groups excluding carboxylic acids is 1. The topological polar surface area (TPSA) is 90.1 Å². The molecule has 0 fully saturated rings. The van der Waals surface area contributed by atoms with Crippen molar-refractivity contribution in [2.45, 2.75) is 12.2 Å². The van der Waals surface area contributed by atoms with Crippen LogP contribution in [0.1, 0.15) is 21.9 Å². The number of nitrogens with one attached hydrogen (secondary N) is 1. The van der Waals surface area contributed by atoms with Crippen LogP contribution in [0.3, 0.4) is 0 Å². The van der Waals surface area contributed by atoms with Crippen LogP contribution >= 0.6 is 11.8 Å². The van der Waals surface area contributed by atoms with E-state index in [1.54, 1.807) is 16.8 Å². The van der Waals surface area contributed by atoms with Gasteiger partial charge in [-0.2, -0.15) is 5.10 Å². The fourth-order valence-corrected chi connectivity index (χ4v) is 5.05. The summed E-state index contributed by atoms with van der Waals surface area (Å²) >= 11 is 1.49. The predicted molar refractivity (Wildman–Crippen MR) is 130 cm³/mol. The van der Waals surface area contributed by atoms with E-state index in [1.165, 1.54) is 23.9 Å². The first-order valence-electron chi connectivity index (χ1n) is 10.4. The number of anilines is 1. The van der Waals surface area contributed by atoms with Gasteiger partial charge in [0.15, 0.2) is 0 Å². The maximum atomic E-state index is 12.7. The normalized spacial score (nSPS) is 15.4. The molecule has 1 amide bonds. The van der Waals surface area contributed by atoms with Crippen molar-refractivity contribution in [2.75, 3.05) is 11.1 Å². The van der Waals surface area contributed by atoms with Crippen LogP contribution in [0.15, 0.2) is 78.9 Å². The number of carbonyl (C=O) groups is 1. The van der Waals surface area contributed by atoms with E-state index in [2.05, 4.69) is 5.32 Å². The second-order valence-electron chi connectivity index (χ2n) is 7.81. The molecule has 33 heavy (non-hydrogen) atoms. The van der Waals surface area contributed by atoms with E-state index in [9.17, 15) is 14.9 Å². The van der Waals surface area contributed by atoms with Gasteiger partial charge in [-0.05, 0) is 24.6 Å². The average molecular weight is 457 g/mol. The second-order valence-corrected chi connectivity index (χ2v) is 8.91. The van der Waals surface area contributed by atoms with E-state index in [-0.39, 0.29) is 22.6 Å². The highest BCUT2D eigenvalue weighted by molar-refractivity contribution is 8.00. The molecule has 0 bridgehead atoms. The Balaban J connectivity index is 1.74. The monoisotopic (exact) mass is 456 g/mol. The highest BCUT2D eigenvalue weighted by Crippen LogP contribution is 2.47. The van der Waals surface area contributed by atoms with Gasteiger partial charge in [-0.3, -0.25) is 14.9 Å². The molecule has 4 aromatic rings. The van der Waals surface area contributed by atoms with Crippen LogP contribution in [-0.2, 0) is 4.79 Å². The molecular weight excluding hydrogens is 436 g/mol. The number of nitro benzene ring substituents is 1. The Bertz CT molecular complexity index is 1330. The number of thioether (sulfide) groups is 1. The van der Waals surface area contributed by atoms with Crippen molar-refractivity contribution < 1.29 is 9.72 Å². The van der Waals surface area contributed by atoms with Crippen LogP contribution < -0.4 is 5.32 Å². The Morgan fingerprint density at radius 3 is 2.39 bits per heavy atom. The largest absolute Gasteiger partial charge is 0.310 e. The maximum absolute atomic E-state index is 12.7. The molecule has 7 nitrogen and oxygen atoms in total. The summed E-state index contributed by atoms with van der Waals surface area (Å²) in [7, 11) is 0. The highest BCUT2D eigenvalue weighted by atomic mass is 32.2. The van der Waals surface area contributed by atoms with Crippen molar-refractivity contribution in [1.82, 2.24) is 9.78 Å². The lowest BCUT2D eigenvalue weighted by atomic mass is 9.99. The number of aromatic nitrogens is 2. The van der Waals surface area contributed by atoms with Gasteiger partial charge in [0.1, 0.15) is 5.82 Å². The van der Waals surface area contributed by atoms with Crippen LogP contribution in [0.25, 0.3) is 16.9 Å². The molecule has 1 aliphatic rings. The molecule has 5 rings (SSSR count). The Labute approximate surface area is 194 Å². The number of hydrogen-bond acceptors (Lipinski definition) is 5. The van der Waals surface area contributed by atoms with Gasteiger partial charge >= 0.3 is 0 Å². The van der Waals surface area contributed by atoms with Gasteiger partial charge in [0.25, 0.3) is 5.69 Å². The van der Waals surface area contributed by atoms with Crippen molar-refractivity contribution in [1.29, 1.82) is 0 Å². The van der Waals surface area contributed by atoms with E-state index in [0.29, 0.717) is 5.82 Å². The van der Waals surface area contributed by atoms with Gasteiger partial charge in [-0.25, -0.2) is 4.68 Å². The molecular formula is C25H20N4O3S. The van der Waals surface area contributed by atoms with Crippen LogP contribution in [0, 0.1) is 17.0 Å². The van der Waals surface area contributed by atoms with Gasteiger partial charge < -0.3 is 5.32 Å². The number of nitrogens with zero attached hydrogens (tertiary/aromatic N) is 3. The van der Waals surface area contributed by atoms with Crippen molar-refractivity contribution in [3.63, 3.8) is 0 Å². The molecule has 1 N–H and O–H groups in total. The number of non-ortho nitro benzene ring substituents is 1. The molecule has 164 valence electrons. The van der Waals surface area contributed by atoms with Crippen LogP contribution in [-0.4, -0.2) is 26.4 Å². The standard InChI is InChI=1S/C25H20N4O3S/c1-16-7-11-19(12-8-16)28-25-22(23(27-28)17-5-3-2-4-6-17)24(33-15-21(30)26-25)18-9-13-20(14-10-18)29(31)32/h2-14,24H,15H2,1H3,(H,26,30)/t24-/m0/s1. The first-order chi connectivity index (χ1) is 16.0. The predicted octanol–water partition coefficient (Wildman–Crippen LogP) is 5.53. The average Bonchev–Trinajstić information content (AvgIpc) is 3.10. The van der Waals surface area contributed by atoms with E-state index in [1.807, 2.05) is 61.5 Å². The molecule has 1 atom stereocenters. The maximum Gasteiger partial charge on any atom is 0.269 e. The number of rotatable bonds is 4. The SMILES string of the molecule is Cc1ccc(-n2nc(-c3ccccc3)c3c2NC(=O)CS[C@H]3c2ccc([N+](=O)[O-])cc2)cc1. The fraction of sp³-hybridized carbons (Fsp3) is 0.120. The third-order valence-electron chi connectivity index (χ3n) is 5.56. The second kappa shape index (κ2) is 8.55. The van der Waals surface area contributed by atoms with Crippen molar-refractivity contribution in [3.8, 4) is 16.9 Å². The first-order valence-corrected chi connectivity index (χ1v) is 11.5. The summed E-state index contributed by atoms with van der Waals surface area (Å²) in [4.78, 5) is 23.4.